The second-order valence-corrected chi connectivity index (χ2v) is 6.42. The van der Waals surface area contributed by atoms with Gasteiger partial charge < -0.3 is 10.1 Å². The van der Waals surface area contributed by atoms with Gasteiger partial charge in [-0.05, 0) is 69.2 Å². The number of aryl methyl sites for hydroxylation is 1. The first-order valence-electron chi connectivity index (χ1n) is 7.25. The van der Waals surface area contributed by atoms with Gasteiger partial charge in [0.25, 0.3) is 0 Å². The predicted molar refractivity (Wildman–Crippen MR) is 93.1 cm³/mol. The molecule has 0 aliphatic heterocycles. The van der Waals surface area contributed by atoms with Crippen molar-refractivity contribution in [3.63, 3.8) is 0 Å². The summed E-state index contributed by atoms with van der Waals surface area (Å²) < 4.78 is 6.81. The van der Waals surface area contributed by atoms with Crippen LogP contribution in [0.3, 0.4) is 0 Å². The Morgan fingerprint density at radius 2 is 1.67 bits per heavy atom. The van der Waals surface area contributed by atoms with Gasteiger partial charge in [-0.2, -0.15) is 0 Å². The van der Waals surface area contributed by atoms with Gasteiger partial charge in [0.05, 0.1) is 6.10 Å². The summed E-state index contributed by atoms with van der Waals surface area (Å²) in [5.41, 5.74) is 3.60. The number of halogens is 1. The minimum Gasteiger partial charge on any atom is -0.491 e. The average molecular weight is 348 g/mol. The van der Waals surface area contributed by atoms with E-state index in [-0.39, 0.29) is 12.1 Å². The van der Waals surface area contributed by atoms with Gasteiger partial charge in [0.1, 0.15) is 5.75 Å². The minimum absolute atomic E-state index is 0.206. The molecule has 0 heterocycles. The normalized spacial score (nSPS) is 12.3. The minimum atomic E-state index is 0.206. The third kappa shape index (κ3) is 4.50. The van der Waals surface area contributed by atoms with Gasteiger partial charge in [0.2, 0.25) is 0 Å². The van der Waals surface area contributed by atoms with Crippen molar-refractivity contribution in [2.75, 3.05) is 5.32 Å². The summed E-state index contributed by atoms with van der Waals surface area (Å²) in [6.45, 7) is 8.33. The van der Waals surface area contributed by atoms with Crippen LogP contribution in [-0.2, 0) is 0 Å². The Labute approximate surface area is 135 Å². The lowest BCUT2D eigenvalue weighted by Gasteiger charge is -2.17. The number of hydrogen-bond acceptors (Lipinski definition) is 2. The van der Waals surface area contributed by atoms with E-state index in [0.29, 0.717) is 0 Å². The molecule has 0 saturated carbocycles. The van der Waals surface area contributed by atoms with E-state index in [1.165, 1.54) is 11.1 Å². The molecule has 0 radical (unpaired) electrons. The lowest BCUT2D eigenvalue weighted by Crippen LogP contribution is -2.08. The van der Waals surface area contributed by atoms with E-state index in [4.69, 9.17) is 4.74 Å². The zero-order valence-electron chi connectivity index (χ0n) is 13.0. The van der Waals surface area contributed by atoms with E-state index in [1.54, 1.807) is 0 Å². The van der Waals surface area contributed by atoms with Crippen LogP contribution >= 0.6 is 15.9 Å². The fourth-order valence-corrected chi connectivity index (χ4v) is 2.42. The van der Waals surface area contributed by atoms with Crippen LogP contribution < -0.4 is 10.1 Å². The van der Waals surface area contributed by atoms with Crippen molar-refractivity contribution in [3.8, 4) is 5.75 Å². The van der Waals surface area contributed by atoms with Crippen LogP contribution in [0.2, 0.25) is 0 Å². The maximum Gasteiger partial charge on any atom is 0.119 e. The summed E-state index contributed by atoms with van der Waals surface area (Å²) in [5, 5.41) is 3.52. The van der Waals surface area contributed by atoms with Gasteiger partial charge in [-0.25, -0.2) is 0 Å². The van der Waals surface area contributed by atoms with E-state index in [1.807, 2.05) is 26.0 Å². The number of ether oxygens (including phenoxy) is 1. The van der Waals surface area contributed by atoms with Crippen molar-refractivity contribution < 1.29 is 4.74 Å². The molecule has 0 bridgehead atoms. The molecule has 3 heteroatoms. The van der Waals surface area contributed by atoms with Crippen LogP contribution in [0.25, 0.3) is 0 Å². The van der Waals surface area contributed by atoms with Crippen molar-refractivity contribution in [3.05, 3.63) is 58.1 Å². The Bertz CT molecular complexity index is 593. The van der Waals surface area contributed by atoms with Gasteiger partial charge >= 0.3 is 0 Å². The maximum atomic E-state index is 5.67. The summed E-state index contributed by atoms with van der Waals surface area (Å²) in [7, 11) is 0. The first-order valence-corrected chi connectivity index (χ1v) is 8.04. The van der Waals surface area contributed by atoms with Crippen LogP contribution in [0, 0.1) is 6.92 Å². The third-order valence-electron chi connectivity index (χ3n) is 3.29. The Morgan fingerprint density at radius 3 is 2.24 bits per heavy atom. The quantitative estimate of drug-likeness (QED) is 0.746. The van der Waals surface area contributed by atoms with Gasteiger partial charge in [0, 0.05) is 16.2 Å². The molecule has 0 aliphatic rings. The van der Waals surface area contributed by atoms with Crippen LogP contribution in [0.4, 0.5) is 5.69 Å². The molecule has 1 N–H and O–H groups in total. The molecule has 2 aromatic rings. The highest BCUT2D eigenvalue weighted by Gasteiger charge is 2.07. The molecular weight excluding hydrogens is 326 g/mol. The van der Waals surface area contributed by atoms with E-state index in [9.17, 15) is 0 Å². The van der Waals surface area contributed by atoms with Crippen LogP contribution in [0.15, 0.2) is 46.9 Å². The lowest BCUT2D eigenvalue weighted by molar-refractivity contribution is 0.242. The van der Waals surface area contributed by atoms with Gasteiger partial charge in [-0.15, -0.1) is 0 Å². The van der Waals surface area contributed by atoms with Gasteiger partial charge in [0.15, 0.2) is 0 Å². The van der Waals surface area contributed by atoms with E-state index in [2.05, 4.69) is 65.4 Å². The summed E-state index contributed by atoms with van der Waals surface area (Å²) >= 11 is 3.53. The molecule has 2 aromatic carbocycles. The van der Waals surface area contributed by atoms with E-state index < -0.39 is 0 Å². The SMILES string of the molecule is Cc1cc(NC(C)c2ccc(OC(C)C)cc2)ccc1Br. The first-order chi connectivity index (χ1) is 9.95. The van der Waals surface area contributed by atoms with Crippen molar-refractivity contribution in [2.24, 2.45) is 0 Å². The highest BCUT2D eigenvalue weighted by molar-refractivity contribution is 9.10. The Hall–Kier alpha value is -1.48. The Morgan fingerprint density at radius 1 is 1.00 bits per heavy atom. The molecule has 112 valence electrons. The largest absolute Gasteiger partial charge is 0.491 e. The molecule has 2 nitrogen and oxygen atoms in total. The van der Waals surface area contributed by atoms with Gasteiger partial charge in [-0.1, -0.05) is 28.1 Å². The predicted octanol–water partition coefficient (Wildman–Crippen LogP) is 5.72. The molecule has 0 aliphatic carbocycles. The third-order valence-corrected chi connectivity index (χ3v) is 4.18. The fraction of sp³-hybridized carbons (Fsp3) is 0.333. The van der Waals surface area contributed by atoms with E-state index >= 15 is 0 Å². The van der Waals surface area contributed by atoms with Crippen molar-refractivity contribution >= 4 is 21.6 Å². The van der Waals surface area contributed by atoms with Crippen molar-refractivity contribution in [2.45, 2.75) is 39.8 Å². The van der Waals surface area contributed by atoms with Gasteiger partial charge in [-0.3, -0.25) is 0 Å². The molecular formula is C18H22BrNO. The summed E-state index contributed by atoms with van der Waals surface area (Å²) in [4.78, 5) is 0. The Kier molecular flexibility index (Phi) is 5.29. The van der Waals surface area contributed by atoms with Crippen LogP contribution in [0.5, 0.6) is 5.75 Å². The number of rotatable bonds is 5. The molecule has 0 spiro atoms. The number of nitrogens with one attached hydrogen (secondary N) is 1. The Balaban J connectivity index is 2.05. The fourth-order valence-electron chi connectivity index (χ4n) is 2.18. The smallest absolute Gasteiger partial charge is 0.119 e. The molecule has 0 fully saturated rings. The van der Waals surface area contributed by atoms with E-state index in [0.717, 1.165) is 15.9 Å². The average Bonchev–Trinajstić information content (AvgIpc) is 2.43. The van der Waals surface area contributed by atoms with Crippen molar-refractivity contribution in [1.82, 2.24) is 0 Å². The number of hydrogen-bond donors (Lipinski definition) is 1. The number of anilines is 1. The first kappa shape index (κ1) is 15.9. The van der Waals surface area contributed by atoms with Crippen LogP contribution in [0.1, 0.15) is 37.9 Å². The van der Waals surface area contributed by atoms with Crippen molar-refractivity contribution in [1.29, 1.82) is 0 Å². The molecule has 2 rings (SSSR count). The maximum absolute atomic E-state index is 5.67. The second kappa shape index (κ2) is 6.99. The molecule has 0 amide bonds. The highest BCUT2D eigenvalue weighted by atomic mass is 79.9. The molecule has 0 aromatic heterocycles. The summed E-state index contributed by atoms with van der Waals surface area (Å²) in [6.07, 6.45) is 0.206. The monoisotopic (exact) mass is 347 g/mol. The number of benzene rings is 2. The lowest BCUT2D eigenvalue weighted by atomic mass is 10.1. The highest BCUT2D eigenvalue weighted by Crippen LogP contribution is 2.25. The molecule has 1 atom stereocenters. The zero-order valence-corrected chi connectivity index (χ0v) is 14.6. The summed E-state index contributed by atoms with van der Waals surface area (Å²) in [6, 6.07) is 14.8. The topological polar surface area (TPSA) is 21.3 Å². The molecule has 0 saturated heterocycles. The standard InChI is InChI=1S/C18H22BrNO/c1-12(2)21-17-8-5-15(6-9-17)14(4)20-16-7-10-18(19)13(3)11-16/h5-12,14,20H,1-4H3. The summed E-state index contributed by atoms with van der Waals surface area (Å²) in [5.74, 6) is 0.917. The zero-order chi connectivity index (χ0) is 15.4. The van der Waals surface area contributed by atoms with Crippen LogP contribution in [-0.4, -0.2) is 6.10 Å². The molecule has 1 unspecified atom stereocenters. The molecule has 21 heavy (non-hydrogen) atoms. The second-order valence-electron chi connectivity index (χ2n) is 5.57.